The van der Waals surface area contributed by atoms with Gasteiger partial charge in [-0.25, -0.2) is 9.97 Å². The van der Waals surface area contributed by atoms with Gasteiger partial charge in [0.05, 0.1) is 16.9 Å². The van der Waals surface area contributed by atoms with Gasteiger partial charge in [0, 0.05) is 22.0 Å². The summed E-state index contributed by atoms with van der Waals surface area (Å²) in [6.45, 7) is 10.4. The highest BCUT2D eigenvalue weighted by molar-refractivity contribution is 6.90. The number of aryl methyl sites for hydroxylation is 2. The monoisotopic (exact) mass is 419 g/mol. The molecule has 6 nitrogen and oxygen atoms in total. The van der Waals surface area contributed by atoms with Gasteiger partial charge in [-0.3, -0.25) is 8.97 Å². The third kappa shape index (κ3) is 2.04. The number of imidazole rings is 1. The largest absolute Gasteiger partial charge is 0.444 e. The quantitative estimate of drug-likeness (QED) is 0.360. The molecule has 7 heteroatoms. The Morgan fingerprint density at radius 3 is 2.41 bits per heavy atom. The first-order valence-electron chi connectivity index (χ1n) is 11.0. The molecule has 0 spiro atoms. The van der Waals surface area contributed by atoms with Crippen molar-refractivity contribution in [2.24, 2.45) is 10.3 Å². The Balaban J connectivity index is 1.75. The molecule has 2 aromatic carbocycles. The summed E-state index contributed by atoms with van der Waals surface area (Å²) in [5, 5.41) is 1.20. The summed E-state index contributed by atoms with van der Waals surface area (Å²) in [5.74, 6) is 1.64. The van der Waals surface area contributed by atoms with Crippen LogP contribution in [0.15, 0.2) is 47.4 Å². The molecule has 0 saturated heterocycles. The predicted octanol–water partition coefficient (Wildman–Crippen LogP) is 3.70. The Morgan fingerprint density at radius 2 is 1.62 bits per heavy atom. The van der Waals surface area contributed by atoms with Crippen LogP contribution in [-0.4, -0.2) is 31.7 Å². The maximum absolute atomic E-state index is 6.37. The molecule has 0 amide bonds. The predicted molar refractivity (Wildman–Crippen MR) is 129 cm³/mol. The summed E-state index contributed by atoms with van der Waals surface area (Å²) >= 11 is 0. The lowest BCUT2D eigenvalue weighted by Gasteiger charge is -2.32. The van der Waals surface area contributed by atoms with E-state index < -0.39 is 0 Å². The van der Waals surface area contributed by atoms with Crippen LogP contribution in [0, 0.1) is 19.3 Å². The summed E-state index contributed by atoms with van der Waals surface area (Å²) < 4.78 is 10.9. The third-order valence-corrected chi connectivity index (χ3v) is 6.72. The van der Waals surface area contributed by atoms with Crippen LogP contribution in [0.1, 0.15) is 32.2 Å². The Kier molecular flexibility index (Phi) is 3.15. The van der Waals surface area contributed by atoms with Crippen molar-refractivity contribution in [3.63, 3.8) is 0 Å². The highest BCUT2D eigenvalue weighted by Crippen LogP contribution is 2.35. The van der Waals surface area contributed by atoms with Gasteiger partial charge in [-0.2, -0.15) is 0 Å². The Labute approximate surface area is 185 Å². The number of hydrogen-bond donors (Lipinski definition) is 0. The molecule has 0 radical (unpaired) electrons. The second-order valence-corrected chi connectivity index (χ2v) is 9.84. The van der Waals surface area contributed by atoms with Gasteiger partial charge in [-0.05, 0) is 37.4 Å². The number of ether oxygens (including phenoxy) is 1. The van der Waals surface area contributed by atoms with Crippen LogP contribution >= 0.6 is 0 Å². The molecule has 156 valence electrons. The lowest BCUT2D eigenvalue weighted by molar-refractivity contribution is 0.434. The SMILES string of the molecule is Cc1nc2c(nc1C)n1c3ccccc3c3c1n2-c1cccc2c1B3N=C(C(C)(C)C)O2. The minimum atomic E-state index is -0.191. The van der Waals surface area contributed by atoms with Crippen LogP contribution in [0.25, 0.3) is 33.5 Å². The molecule has 0 saturated carbocycles. The van der Waals surface area contributed by atoms with Crippen LogP contribution < -0.4 is 15.7 Å². The van der Waals surface area contributed by atoms with E-state index in [9.17, 15) is 0 Å². The Hall–Kier alpha value is -3.61. The number of fused-ring (bicyclic) bond motifs is 8. The zero-order chi connectivity index (χ0) is 21.9. The third-order valence-electron chi connectivity index (χ3n) is 6.72. The van der Waals surface area contributed by atoms with Gasteiger partial charge in [0.1, 0.15) is 11.4 Å². The summed E-state index contributed by atoms with van der Waals surface area (Å²) in [6.07, 6.45) is 0. The van der Waals surface area contributed by atoms with Crippen molar-refractivity contribution < 1.29 is 4.74 Å². The van der Waals surface area contributed by atoms with Gasteiger partial charge < -0.3 is 9.64 Å². The molecule has 0 atom stereocenters. The van der Waals surface area contributed by atoms with Crippen molar-refractivity contribution in [2.45, 2.75) is 34.6 Å². The van der Waals surface area contributed by atoms with Crippen LogP contribution in [0.2, 0.25) is 0 Å². The van der Waals surface area contributed by atoms with Crippen LogP contribution in [0.4, 0.5) is 0 Å². The number of para-hydroxylation sites is 1. The summed E-state index contributed by atoms with van der Waals surface area (Å²) in [4.78, 5) is 15.2. The van der Waals surface area contributed by atoms with E-state index in [1.54, 1.807) is 0 Å². The smallest absolute Gasteiger partial charge is 0.358 e. The van der Waals surface area contributed by atoms with Gasteiger partial charge in [-0.15, -0.1) is 0 Å². The molecule has 3 aromatic heterocycles. The first-order valence-corrected chi connectivity index (χ1v) is 11.0. The van der Waals surface area contributed by atoms with Crippen molar-refractivity contribution in [1.29, 1.82) is 0 Å². The zero-order valence-corrected chi connectivity index (χ0v) is 18.8. The van der Waals surface area contributed by atoms with Crippen molar-refractivity contribution in [1.82, 2.24) is 18.9 Å². The van der Waals surface area contributed by atoms with E-state index in [0.717, 1.165) is 56.6 Å². The molecule has 5 aromatic rings. The van der Waals surface area contributed by atoms with Crippen molar-refractivity contribution in [3.8, 4) is 11.4 Å². The lowest BCUT2D eigenvalue weighted by atomic mass is 9.48. The number of aromatic nitrogens is 4. The molecule has 7 rings (SSSR count). The fourth-order valence-electron chi connectivity index (χ4n) is 5.12. The normalized spacial score (nSPS) is 14.8. The maximum atomic E-state index is 6.37. The van der Waals surface area contributed by atoms with E-state index in [-0.39, 0.29) is 12.3 Å². The van der Waals surface area contributed by atoms with Gasteiger partial charge in [0.25, 0.3) is 0 Å². The molecule has 0 bridgehead atoms. The molecular formula is C25H22BN5O. The van der Waals surface area contributed by atoms with E-state index in [0.29, 0.717) is 0 Å². The standard InChI is InChI=1S/C25H22BN5O/c1-13-14(2)28-22-21(27-13)30-16-10-7-6-9-15(16)19-23(30)31(22)17-11-8-12-18-20(17)26(19)29-24(32-18)25(3,4)5/h6-12H,1-5H3. The molecule has 5 heterocycles. The topological polar surface area (TPSA) is 56.7 Å². The molecule has 0 fully saturated rings. The maximum Gasteiger partial charge on any atom is 0.358 e. The van der Waals surface area contributed by atoms with Crippen LogP contribution in [0.3, 0.4) is 0 Å². The fraction of sp³-hybridized carbons (Fsp3) is 0.240. The van der Waals surface area contributed by atoms with Crippen molar-refractivity contribution in [3.05, 3.63) is 53.9 Å². The van der Waals surface area contributed by atoms with E-state index >= 15 is 0 Å². The average molecular weight is 419 g/mol. The van der Waals surface area contributed by atoms with Crippen LogP contribution in [0.5, 0.6) is 5.75 Å². The first kappa shape index (κ1) is 18.0. The Bertz CT molecular complexity index is 1670. The lowest BCUT2D eigenvalue weighted by Crippen LogP contribution is -2.52. The second kappa shape index (κ2) is 5.60. The zero-order valence-electron chi connectivity index (χ0n) is 18.8. The number of benzene rings is 2. The first-order chi connectivity index (χ1) is 15.3. The summed E-state index contributed by atoms with van der Waals surface area (Å²) in [5.41, 5.74) is 9.03. The second-order valence-electron chi connectivity index (χ2n) is 9.84. The van der Waals surface area contributed by atoms with Gasteiger partial charge in [0.2, 0.25) is 0 Å². The highest BCUT2D eigenvalue weighted by Gasteiger charge is 2.43. The van der Waals surface area contributed by atoms with E-state index in [2.05, 4.69) is 72.2 Å². The summed E-state index contributed by atoms with van der Waals surface area (Å²) in [6, 6.07) is 14.8. The molecule has 2 aliphatic rings. The van der Waals surface area contributed by atoms with E-state index in [1.165, 1.54) is 10.8 Å². The molecule has 0 N–H and O–H groups in total. The Morgan fingerprint density at radius 1 is 0.875 bits per heavy atom. The van der Waals surface area contributed by atoms with E-state index in [4.69, 9.17) is 19.6 Å². The minimum absolute atomic E-state index is 0.127. The van der Waals surface area contributed by atoms with Crippen LogP contribution in [-0.2, 0) is 0 Å². The molecule has 0 aliphatic carbocycles. The van der Waals surface area contributed by atoms with E-state index in [1.807, 2.05) is 13.8 Å². The van der Waals surface area contributed by atoms with Crippen molar-refractivity contribution >= 4 is 51.5 Å². The molecule has 2 aliphatic heterocycles. The minimum Gasteiger partial charge on any atom is -0.444 e. The van der Waals surface area contributed by atoms with Gasteiger partial charge >= 0.3 is 6.85 Å². The van der Waals surface area contributed by atoms with Gasteiger partial charge in [-0.1, -0.05) is 45.0 Å². The number of nitrogens with zero attached hydrogens (tertiary/aromatic N) is 5. The molecular weight excluding hydrogens is 397 g/mol. The van der Waals surface area contributed by atoms with Gasteiger partial charge in [0.15, 0.2) is 17.2 Å². The average Bonchev–Trinajstić information content (AvgIpc) is 3.26. The van der Waals surface area contributed by atoms with Crippen molar-refractivity contribution in [2.75, 3.05) is 0 Å². The number of hydrogen-bond acceptors (Lipinski definition) is 4. The highest BCUT2D eigenvalue weighted by atomic mass is 16.5. The molecule has 32 heavy (non-hydrogen) atoms. The molecule has 0 unspecified atom stereocenters. The fourth-order valence-corrected chi connectivity index (χ4v) is 5.12. The number of rotatable bonds is 0. The summed E-state index contributed by atoms with van der Waals surface area (Å²) in [7, 11) is 0.